The van der Waals surface area contributed by atoms with E-state index in [1.54, 1.807) is 0 Å². The van der Waals surface area contributed by atoms with Crippen LogP contribution in [0.2, 0.25) is 0 Å². The number of unbranched alkanes of at least 4 members (excludes halogenated alkanes) is 3. The lowest BCUT2D eigenvalue weighted by atomic mass is 10.2. The maximum atomic E-state index is 9.90. The first-order valence-electron chi connectivity index (χ1n) is 7.99. The van der Waals surface area contributed by atoms with Crippen LogP contribution in [0, 0.1) is 0 Å². The maximum absolute atomic E-state index is 9.90. The van der Waals surface area contributed by atoms with Gasteiger partial charge < -0.3 is 4.90 Å². The lowest BCUT2D eigenvalue weighted by Crippen LogP contribution is -2.27. The van der Waals surface area contributed by atoms with Crippen molar-refractivity contribution in [3.63, 3.8) is 0 Å². The molecule has 24 heavy (non-hydrogen) atoms. The van der Waals surface area contributed by atoms with E-state index in [1.165, 1.54) is 58.2 Å². The fraction of sp³-hybridized carbons (Fsp3) is 1.00. The standard InChI is InChI=1S/C12H27N.CCl2O6P2/c1-4-7-10-13(11-8-5-2)12-9-6-3;2-1(3,8-10(4)5)9-11(6)7/h4-12H2,1-3H3;/p+2. The van der Waals surface area contributed by atoms with Crippen molar-refractivity contribution in [2.45, 2.75) is 64.0 Å². The Morgan fingerprint density at radius 1 is 0.833 bits per heavy atom. The van der Waals surface area contributed by atoms with Crippen molar-refractivity contribution in [1.82, 2.24) is 4.90 Å². The summed E-state index contributed by atoms with van der Waals surface area (Å²) in [6, 6.07) is 0. The fourth-order valence-corrected chi connectivity index (χ4v) is 2.88. The molecule has 7 nitrogen and oxygen atoms in total. The zero-order valence-corrected chi connectivity index (χ0v) is 17.8. The van der Waals surface area contributed by atoms with Crippen molar-refractivity contribution in [3.8, 4) is 0 Å². The smallest absolute Gasteiger partial charge is 0.303 e. The number of nitrogens with zero attached hydrogens (tertiary/aromatic N) is 1. The number of hydrogen-bond donors (Lipinski definition) is 2. The molecule has 2 N–H and O–H groups in total. The molecular formula is C13H29Cl2NO6P2+2. The SMILES string of the molecule is CCCCN(CCCC)CCCC.O=[P+](O)OC(Cl)(Cl)O[P+](=O)O. The summed E-state index contributed by atoms with van der Waals surface area (Å²) in [6.45, 7) is 10.8. The minimum Gasteiger partial charge on any atom is -0.303 e. The molecule has 0 radical (unpaired) electrons. The molecule has 2 atom stereocenters. The second-order valence-corrected chi connectivity index (χ2v) is 7.53. The van der Waals surface area contributed by atoms with Gasteiger partial charge in [0, 0.05) is 9.13 Å². The minimum absolute atomic E-state index is 1.32. The largest absolute Gasteiger partial charge is 0.700 e. The molecule has 2 unspecified atom stereocenters. The van der Waals surface area contributed by atoms with Crippen LogP contribution in [0.15, 0.2) is 0 Å². The van der Waals surface area contributed by atoms with Crippen LogP contribution in [-0.2, 0) is 18.2 Å². The van der Waals surface area contributed by atoms with Crippen LogP contribution in [0.4, 0.5) is 0 Å². The Balaban J connectivity index is 0. The van der Waals surface area contributed by atoms with E-state index in [0.717, 1.165) is 0 Å². The third kappa shape index (κ3) is 20.6. The van der Waals surface area contributed by atoms with Gasteiger partial charge in [0.2, 0.25) is 0 Å². The Morgan fingerprint density at radius 2 is 1.12 bits per heavy atom. The average Bonchev–Trinajstić information content (AvgIpc) is 2.44. The molecule has 0 rings (SSSR count). The Kier molecular flexibility index (Phi) is 19.0. The highest BCUT2D eigenvalue weighted by atomic mass is 35.5. The molecule has 0 bridgehead atoms. The summed E-state index contributed by atoms with van der Waals surface area (Å²) >= 11 is 9.92. The molecule has 0 spiro atoms. The predicted octanol–water partition coefficient (Wildman–Crippen LogP) is 5.10. The van der Waals surface area contributed by atoms with E-state index >= 15 is 0 Å². The van der Waals surface area contributed by atoms with Crippen LogP contribution in [0.3, 0.4) is 0 Å². The van der Waals surface area contributed by atoms with Crippen molar-refractivity contribution in [1.29, 1.82) is 0 Å². The van der Waals surface area contributed by atoms with Crippen LogP contribution >= 0.6 is 39.7 Å². The van der Waals surface area contributed by atoms with Gasteiger partial charge in [-0.05, 0) is 71.1 Å². The van der Waals surface area contributed by atoms with Crippen LogP contribution in [-0.4, -0.2) is 39.0 Å². The summed E-state index contributed by atoms with van der Waals surface area (Å²) in [4.78, 5) is 18.8. The van der Waals surface area contributed by atoms with E-state index in [2.05, 4.69) is 34.7 Å². The number of hydrogen-bond acceptors (Lipinski definition) is 5. The van der Waals surface area contributed by atoms with Gasteiger partial charge >= 0.3 is 21.2 Å². The van der Waals surface area contributed by atoms with Gasteiger partial charge in [-0.15, -0.1) is 9.79 Å². The topological polar surface area (TPSA) is 96.3 Å². The van der Waals surface area contributed by atoms with Gasteiger partial charge in [0.1, 0.15) is 0 Å². The summed E-state index contributed by atoms with van der Waals surface area (Å²) in [7, 11) is -6.20. The van der Waals surface area contributed by atoms with E-state index in [9.17, 15) is 9.13 Å². The molecule has 0 aliphatic rings. The summed E-state index contributed by atoms with van der Waals surface area (Å²) < 4.78 is 24.8. The zero-order chi connectivity index (χ0) is 19.0. The predicted molar refractivity (Wildman–Crippen MR) is 97.4 cm³/mol. The highest BCUT2D eigenvalue weighted by molar-refractivity contribution is 7.33. The van der Waals surface area contributed by atoms with Gasteiger partial charge in [-0.2, -0.15) is 0 Å². The normalized spacial score (nSPS) is 12.7. The molecule has 0 fully saturated rings. The van der Waals surface area contributed by atoms with Gasteiger partial charge in [-0.3, -0.25) is 0 Å². The first-order valence-corrected chi connectivity index (χ1v) is 11.0. The van der Waals surface area contributed by atoms with Crippen LogP contribution in [0.5, 0.6) is 0 Å². The molecule has 0 aromatic heterocycles. The zero-order valence-electron chi connectivity index (χ0n) is 14.5. The van der Waals surface area contributed by atoms with Crippen molar-refractivity contribution < 1.29 is 28.0 Å². The highest BCUT2D eigenvalue weighted by Gasteiger charge is 2.46. The molecule has 144 valence electrons. The van der Waals surface area contributed by atoms with E-state index in [4.69, 9.17) is 33.0 Å². The van der Waals surface area contributed by atoms with Gasteiger partial charge in [-0.25, -0.2) is 0 Å². The Morgan fingerprint density at radius 3 is 1.33 bits per heavy atom. The van der Waals surface area contributed by atoms with Gasteiger partial charge in [0.15, 0.2) is 0 Å². The quantitative estimate of drug-likeness (QED) is 0.239. The first-order chi connectivity index (χ1) is 11.2. The lowest BCUT2D eigenvalue weighted by Gasteiger charge is -2.21. The summed E-state index contributed by atoms with van der Waals surface area (Å²) in [5.41, 5.74) is 0. The second-order valence-electron chi connectivity index (χ2n) is 5.02. The summed E-state index contributed by atoms with van der Waals surface area (Å²) in [5.74, 6) is 0. The van der Waals surface area contributed by atoms with Crippen LogP contribution < -0.4 is 0 Å². The lowest BCUT2D eigenvalue weighted by molar-refractivity contribution is 0.0328. The van der Waals surface area contributed by atoms with Gasteiger partial charge in [0.05, 0.1) is 0 Å². The third-order valence-electron chi connectivity index (χ3n) is 2.85. The van der Waals surface area contributed by atoms with Crippen LogP contribution in [0.25, 0.3) is 0 Å². The third-order valence-corrected chi connectivity index (χ3v) is 4.42. The molecule has 0 aromatic rings. The fourth-order valence-electron chi connectivity index (χ4n) is 1.68. The molecule has 0 saturated carbocycles. The van der Waals surface area contributed by atoms with E-state index < -0.39 is 21.2 Å². The van der Waals surface area contributed by atoms with Crippen molar-refractivity contribution >= 4 is 39.7 Å². The first kappa shape index (κ1) is 26.8. The van der Waals surface area contributed by atoms with Crippen molar-refractivity contribution in [3.05, 3.63) is 0 Å². The molecular weight excluding hydrogens is 399 g/mol. The molecule has 0 aromatic carbocycles. The number of halogens is 2. The number of alkyl halides is 2. The minimum atomic E-state index is -3.10. The molecule has 0 amide bonds. The molecule has 0 aliphatic heterocycles. The van der Waals surface area contributed by atoms with Crippen molar-refractivity contribution in [2.24, 2.45) is 0 Å². The highest BCUT2D eigenvalue weighted by Crippen LogP contribution is 2.40. The van der Waals surface area contributed by atoms with E-state index in [-0.39, 0.29) is 0 Å². The number of rotatable bonds is 13. The Hall–Kier alpha value is 0.580. The van der Waals surface area contributed by atoms with E-state index in [1.807, 2.05) is 0 Å². The molecule has 0 aliphatic carbocycles. The molecule has 11 heteroatoms. The summed E-state index contributed by atoms with van der Waals surface area (Å²) in [6.07, 6.45) is 8.09. The average molecular weight is 428 g/mol. The Labute approximate surface area is 156 Å². The Bertz CT molecular complexity index is 313. The second kappa shape index (κ2) is 17.0. The van der Waals surface area contributed by atoms with E-state index in [0.29, 0.717) is 0 Å². The summed E-state index contributed by atoms with van der Waals surface area (Å²) in [5, 5.41) is 0. The monoisotopic (exact) mass is 427 g/mol. The molecule has 0 saturated heterocycles. The molecule has 0 heterocycles. The maximum Gasteiger partial charge on any atom is 0.700 e. The van der Waals surface area contributed by atoms with Crippen LogP contribution in [0.1, 0.15) is 59.3 Å². The van der Waals surface area contributed by atoms with Gasteiger partial charge in [0.25, 0.3) is 0 Å². The van der Waals surface area contributed by atoms with Crippen molar-refractivity contribution in [2.75, 3.05) is 19.6 Å². The van der Waals surface area contributed by atoms with Gasteiger partial charge in [-0.1, -0.05) is 40.0 Å².